The molecule has 5 aromatic rings. The normalized spacial score (nSPS) is 12.1. The number of aromatic nitrogens is 1. The van der Waals surface area contributed by atoms with E-state index in [0.29, 0.717) is 0 Å². The predicted octanol–water partition coefficient (Wildman–Crippen LogP) is 6.24. The Balaban J connectivity index is 1.74. The summed E-state index contributed by atoms with van der Waals surface area (Å²) in [6.07, 6.45) is 1.98. The Hall–Kier alpha value is -3.35. The highest BCUT2D eigenvalue weighted by Crippen LogP contribution is 2.45. The van der Waals surface area contributed by atoms with E-state index >= 15 is 0 Å². The van der Waals surface area contributed by atoms with Gasteiger partial charge in [0.25, 0.3) is 0 Å². The fraction of sp³-hybridized carbons (Fsp3) is 0. The minimum atomic E-state index is -2.92. The van der Waals surface area contributed by atoms with Crippen LogP contribution in [0.4, 0.5) is 0 Å². The standard InChI is InChI=1S/C26H20NOP/c28-29(21-11-3-1-4-12-21,22-13-5-2-6-14-22)20-19-27-25-17-9-7-15-23(25)24-16-8-10-18-26(24)27/h1-20H/b20-19+. The lowest BCUT2D eigenvalue weighted by molar-refractivity contribution is 0.592. The van der Waals surface area contributed by atoms with E-state index in [-0.39, 0.29) is 0 Å². The van der Waals surface area contributed by atoms with Gasteiger partial charge in [0.15, 0.2) is 7.14 Å². The Kier molecular flexibility index (Phi) is 4.42. The molecule has 0 fully saturated rings. The van der Waals surface area contributed by atoms with Crippen LogP contribution >= 0.6 is 7.14 Å². The third-order valence-corrected chi connectivity index (χ3v) is 8.01. The van der Waals surface area contributed by atoms with Crippen molar-refractivity contribution in [3.63, 3.8) is 0 Å². The molecule has 0 saturated heterocycles. The predicted molar refractivity (Wildman–Crippen MR) is 125 cm³/mol. The van der Waals surface area contributed by atoms with E-state index in [2.05, 4.69) is 41.0 Å². The van der Waals surface area contributed by atoms with Crippen molar-refractivity contribution in [2.24, 2.45) is 0 Å². The fourth-order valence-electron chi connectivity index (χ4n) is 3.89. The average molecular weight is 393 g/mol. The van der Waals surface area contributed by atoms with Crippen molar-refractivity contribution in [3.05, 3.63) is 115 Å². The summed E-state index contributed by atoms with van der Waals surface area (Å²) in [6, 6.07) is 36.2. The van der Waals surface area contributed by atoms with Crippen molar-refractivity contribution >= 4 is 45.8 Å². The van der Waals surface area contributed by atoms with Crippen LogP contribution in [0.15, 0.2) is 115 Å². The minimum Gasteiger partial charge on any atom is -0.316 e. The van der Waals surface area contributed by atoms with Crippen molar-refractivity contribution in [2.45, 2.75) is 0 Å². The van der Waals surface area contributed by atoms with Crippen LogP contribution in [0.25, 0.3) is 28.0 Å². The minimum absolute atomic E-state index is 0.836. The highest BCUT2D eigenvalue weighted by atomic mass is 31.2. The van der Waals surface area contributed by atoms with Gasteiger partial charge in [-0.25, -0.2) is 0 Å². The number of benzene rings is 4. The second-order valence-electron chi connectivity index (χ2n) is 7.03. The Morgan fingerprint density at radius 2 is 0.966 bits per heavy atom. The van der Waals surface area contributed by atoms with Crippen molar-refractivity contribution in [2.75, 3.05) is 0 Å². The van der Waals surface area contributed by atoms with Crippen molar-refractivity contribution < 1.29 is 4.57 Å². The van der Waals surface area contributed by atoms with Crippen LogP contribution in [0.3, 0.4) is 0 Å². The van der Waals surface area contributed by atoms with Gasteiger partial charge in [-0.2, -0.15) is 0 Å². The van der Waals surface area contributed by atoms with E-state index < -0.39 is 7.14 Å². The van der Waals surface area contributed by atoms with Crippen LogP contribution in [0, 0.1) is 0 Å². The van der Waals surface area contributed by atoms with Gasteiger partial charge >= 0.3 is 0 Å². The third kappa shape index (κ3) is 3.03. The van der Waals surface area contributed by atoms with E-state index in [4.69, 9.17) is 0 Å². The molecular formula is C26H20NOP. The highest BCUT2D eigenvalue weighted by Gasteiger charge is 2.24. The van der Waals surface area contributed by atoms with E-state index in [1.165, 1.54) is 10.8 Å². The molecule has 0 saturated carbocycles. The largest absolute Gasteiger partial charge is 0.316 e. The summed E-state index contributed by atoms with van der Waals surface area (Å²) < 4.78 is 16.4. The maximum absolute atomic E-state index is 14.3. The van der Waals surface area contributed by atoms with Crippen LogP contribution in [0.1, 0.15) is 0 Å². The number of hydrogen-bond acceptors (Lipinski definition) is 1. The van der Waals surface area contributed by atoms with Crippen LogP contribution in [-0.2, 0) is 4.57 Å². The Morgan fingerprint density at radius 1 is 0.552 bits per heavy atom. The molecule has 0 aliphatic rings. The average Bonchev–Trinajstić information content (AvgIpc) is 3.12. The van der Waals surface area contributed by atoms with Crippen LogP contribution < -0.4 is 10.6 Å². The van der Waals surface area contributed by atoms with Gasteiger partial charge in [-0.15, -0.1) is 0 Å². The molecule has 0 spiro atoms. The van der Waals surface area contributed by atoms with Crippen molar-refractivity contribution in [3.8, 4) is 0 Å². The first-order valence-electron chi connectivity index (χ1n) is 9.65. The molecule has 0 atom stereocenters. The highest BCUT2D eigenvalue weighted by molar-refractivity contribution is 7.81. The second-order valence-corrected chi connectivity index (χ2v) is 9.68. The zero-order chi connectivity index (χ0) is 19.7. The molecule has 5 rings (SSSR count). The molecule has 140 valence electrons. The molecule has 0 bridgehead atoms. The SMILES string of the molecule is O=P(/C=C/n1c2ccccc2c2ccccc21)(c1ccccc1)c1ccccc1. The summed E-state index contributed by atoms with van der Waals surface area (Å²) in [6.45, 7) is 0. The molecule has 1 aromatic heterocycles. The van der Waals surface area contributed by atoms with E-state index in [1.807, 2.05) is 84.8 Å². The van der Waals surface area contributed by atoms with Gasteiger partial charge in [0, 0.05) is 33.4 Å². The molecule has 0 radical (unpaired) electrons. The molecule has 2 nitrogen and oxygen atoms in total. The maximum Gasteiger partial charge on any atom is 0.165 e. The van der Waals surface area contributed by atoms with Gasteiger partial charge < -0.3 is 9.13 Å². The molecule has 29 heavy (non-hydrogen) atoms. The molecule has 1 heterocycles. The van der Waals surface area contributed by atoms with Gasteiger partial charge in [-0.1, -0.05) is 97.1 Å². The first-order valence-corrected chi connectivity index (χ1v) is 11.4. The number of rotatable bonds is 4. The summed E-state index contributed by atoms with van der Waals surface area (Å²) in [5, 5.41) is 4.07. The van der Waals surface area contributed by atoms with Crippen molar-refractivity contribution in [1.29, 1.82) is 0 Å². The van der Waals surface area contributed by atoms with E-state index in [1.54, 1.807) is 0 Å². The van der Waals surface area contributed by atoms with Crippen LogP contribution in [0.2, 0.25) is 0 Å². The zero-order valence-electron chi connectivity index (χ0n) is 15.8. The quantitative estimate of drug-likeness (QED) is 0.332. The molecule has 0 N–H and O–H groups in total. The molecule has 0 aliphatic carbocycles. The Morgan fingerprint density at radius 3 is 1.45 bits per heavy atom. The Labute approximate surface area is 170 Å². The molecule has 0 unspecified atom stereocenters. The molecule has 0 amide bonds. The molecule has 3 heteroatoms. The molecule has 0 aliphatic heterocycles. The molecular weight excluding hydrogens is 373 g/mol. The summed E-state index contributed by atoms with van der Waals surface area (Å²) in [5.74, 6) is 1.89. The molecule has 4 aromatic carbocycles. The first kappa shape index (κ1) is 17.7. The lowest BCUT2D eigenvalue weighted by Gasteiger charge is -2.15. The van der Waals surface area contributed by atoms with Gasteiger partial charge in [0.05, 0.1) is 11.0 Å². The fourth-order valence-corrected chi connectivity index (χ4v) is 6.09. The monoisotopic (exact) mass is 393 g/mol. The Bertz CT molecular complexity index is 1270. The number of para-hydroxylation sites is 2. The smallest absolute Gasteiger partial charge is 0.165 e. The zero-order valence-corrected chi connectivity index (χ0v) is 16.7. The second kappa shape index (κ2) is 7.24. The van der Waals surface area contributed by atoms with Crippen LogP contribution in [-0.4, -0.2) is 4.57 Å². The number of hydrogen-bond donors (Lipinski definition) is 0. The number of nitrogens with zero attached hydrogens (tertiary/aromatic N) is 1. The lowest BCUT2D eigenvalue weighted by atomic mass is 10.2. The maximum atomic E-state index is 14.3. The van der Waals surface area contributed by atoms with Gasteiger partial charge in [-0.05, 0) is 12.1 Å². The van der Waals surface area contributed by atoms with Gasteiger partial charge in [0.1, 0.15) is 0 Å². The van der Waals surface area contributed by atoms with Gasteiger partial charge in [0.2, 0.25) is 0 Å². The lowest BCUT2D eigenvalue weighted by Crippen LogP contribution is -2.14. The first-order chi connectivity index (χ1) is 14.3. The summed E-state index contributed by atoms with van der Waals surface area (Å²) in [5.41, 5.74) is 2.22. The number of fused-ring (bicyclic) bond motifs is 3. The third-order valence-electron chi connectivity index (χ3n) is 5.32. The van der Waals surface area contributed by atoms with Crippen molar-refractivity contribution in [1.82, 2.24) is 4.57 Å². The van der Waals surface area contributed by atoms with Crippen LogP contribution in [0.5, 0.6) is 0 Å². The van der Waals surface area contributed by atoms with E-state index in [9.17, 15) is 4.57 Å². The van der Waals surface area contributed by atoms with Gasteiger partial charge in [-0.3, -0.25) is 0 Å². The van der Waals surface area contributed by atoms with E-state index in [0.717, 1.165) is 21.6 Å². The topological polar surface area (TPSA) is 22.0 Å². The summed E-state index contributed by atoms with van der Waals surface area (Å²) in [7, 11) is -2.92. The summed E-state index contributed by atoms with van der Waals surface area (Å²) in [4.78, 5) is 0. The summed E-state index contributed by atoms with van der Waals surface area (Å²) >= 11 is 0.